The molecule has 4 N–H and O–H groups in total. The summed E-state index contributed by atoms with van der Waals surface area (Å²) >= 11 is 0. The number of allylic oxidation sites excluding steroid dienone is 1. The number of aromatic amines is 1. The highest BCUT2D eigenvalue weighted by molar-refractivity contribution is 5.95. The molecule has 2 aromatic carbocycles. The predicted molar refractivity (Wildman–Crippen MR) is 157 cm³/mol. The molecule has 14 heteroatoms. The Morgan fingerprint density at radius 1 is 1.16 bits per heavy atom. The SMILES string of the molecule is CN(C)C(=O)C=CCCC(OC(N)=O)C(=O)Nc1cccn(Cc2nc3c(OCc4ccc(F)cc4F)cccc3[nH]2)c1=O. The van der Waals surface area contributed by atoms with Crippen molar-refractivity contribution in [3.05, 3.63) is 100 Å². The van der Waals surface area contributed by atoms with Crippen LogP contribution in [0, 0.1) is 11.6 Å². The molecule has 44 heavy (non-hydrogen) atoms. The molecule has 0 aliphatic heterocycles. The first kappa shape index (κ1) is 31.4. The monoisotopic (exact) mass is 608 g/mol. The van der Waals surface area contributed by atoms with Crippen molar-refractivity contribution in [1.29, 1.82) is 0 Å². The molecule has 1 atom stereocenters. The van der Waals surface area contributed by atoms with E-state index in [1.54, 1.807) is 38.4 Å². The van der Waals surface area contributed by atoms with Crippen molar-refractivity contribution in [2.45, 2.75) is 32.1 Å². The van der Waals surface area contributed by atoms with Gasteiger partial charge < -0.3 is 35.0 Å². The molecule has 1 unspecified atom stereocenters. The van der Waals surface area contributed by atoms with Crippen LogP contribution in [0.3, 0.4) is 0 Å². The third kappa shape index (κ3) is 8.06. The number of halogens is 2. The first-order valence-electron chi connectivity index (χ1n) is 13.4. The molecule has 3 amide bonds. The van der Waals surface area contributed by atoms with Gasteiger partial charge >= 0.3 is 6.09 Å². The van der Waals surface area contributed by atoms with Crippen LogP contribution in [0.4, 0.5) is 19.3 Å². The molecule has 0 saturated carbocycles. The van der Waals surface area contributed by atoms with Crippen LogP contribution in [0.2, 0.25) is 0 Å². The molecule has 4 aromatic rings. The van der Waals surface area contributed by atoms with E-state index in [2.05, 4.69) is 15.3 Å². The summed E-state index contributed by atoms with van der Waals surface area (Å²) in [4.78, 5) is 58.2. The first-order chi connectivity index (χ1) is 21.0. The third-order valence-electron chi connectivity index (χ3n) is 6.37. The van der Waals surface area contributed by atoms with Crippen LogP contribution in [-0.2, 0) is 27.5 Å². The number of H-pyrrole nitrogens is 1. The van der Waals surface area contributed by atoms with Crippen LogP contribution in [0.15, 0.2) is 71.7 Å². The van der Waals surface area contributed by atoms with Crippen LogP contribution in [0.1, 0.15) is 24.2 Å². The summed E-state index contributed by atoms with van der Waals surface area (Å²) in [7, 11) is 3.18. The lowest BCUT2D eigenvalue weighted by atomic mass is 10.1. The van der Waals surface area contributed by atoms with E-state index in [0.717, 1.165) is 12.1 Å². The number of anilines is 1. The highest BCUT2D eigenvalue weighted by Gasteiger charge is 2.23. The normalized spacial score (nSPS) is 11.8. The zero-order chi connectivity index (χ0) is 31.8. The van der Waals surface area contributed by atoms with Gasteiger partial charge in [-0.3, -0.25) is 14.4 Å². The van der Waals surface area contributed by atoms with Gasteiger partial charge in [0, 0.05) is 31.9 Å². The number of hydrogen-bond acceptors (Lipinski definition) is 7. The van der Waals surface area contributed by atoms with Gasteiger partial charge in [-0.15, -0.1) is 0 Å². The van der Waals surface area contributed by atoms with Crippen LogP contribution in [0.5, 0.6) is 5.75 Å². The zero-order valence-corrected chi connectivity index (χ0v) is 23.9. The summed E-state index contributed by atoms with van der Waals surface area (Å²) in [6.45, 7) is -0.158. The van der Waals surface area contributed by atoms with Gasteiger partial charge in [-0.1, -0.05) is 12.1 Å². The van der Waals surface area contributed by atoms with E-state index in [0.29, 0.717) is 22.6 Å². The van der Waals surface area contributed by atoms with Crippen LogP contribution in [0.25, 0.3) is 11.0 Å². The number of likely N-dealkylation sites (N-methyl/N-ethyl adjacent to an activating group) is 1. The fraction of sp³-hybridized carbons (Fsp3) is 0.233. The first-order valence-corrected chi connectivity index (χ1v) is 13.4. The number of carbonyl (C=O) groups is 3. The molecule has 0 aliphatic carbocycles. The molecule has 0 bridgehead atoms. The molecule has 230 valence electrons. The third-order valence-corrected chi connectivity index (χ3v) is 6.37. The van der Waals surface area contributed by atoms with Gasteiger partial charge in [-0.2, -0.15) is 0 Å². The Kier molecular flexibility index (Phi) is 10.1. The second kappa shape index (κ2) is 14.1. The number of benzene rings is 2. The van der Waals surface area contributed by atoms with Crippen LogP contribution < -0.4 is 21.3 Å². The molecule has 0 spiro atoms. The van der Waals surface area contributed by atoms with Gasteiger partial charge in [0.05, 0.1) is 12.1 Å². The number of para-hydroxylation sites is 1. The molecule has 0 radical (unpaired) electrons. The van der Waals surface area contributed by atoms with Crippen molar-refractivity contribution in [3.63, 3.8) is 0 Å². The van der Waals surface area contributed by atoms with Gasteiger partial charge in [0.25, 0.3) is 11.5 Å². The fourth-order valence-electron chi connectivity index (χ4n) is 4.14. The lowest BCUT2D eigenvalue weighted by molar-refractivity contribution is -0.124. The van der Waals surface area contributed by atoms with Crippen LogP contribution >= 0.6 is 0 Å². The minimum Gasteiger partial charge on any atom is -0.486 e. The Bertz CT molecular complexity index is 1770. The number of nitrogens with one attached hydrogen (secondary N) is 2. The minimum atomic E-state index is -1.31. The smallest absolute Gasteiger partial charge is 0.405 e. The molecule has 0 aliphatic rings. The highest BCUT2D eigenvalue weighted by Crippen LogP contribution is 2.25. The zero-order valence-electron chi connectivity index (χ0n) is 23.9. The number of rotatable bonds is 12. The maximum Gasteiger partial charge on any atom is 0.405 e. The van der Waals surface area contributed by atoms with Gasteiger partial charge in [0.2, 0.25) is 5.91 Å². The van der Waals surface area contributed by atoms with Gasteiger partial charge in [-0.05, 0) is 55.3 Å². The lowest BCUT2D eigenvalue weighted by Gasteiger charge is -2.16. The number of nitrogens with two attached hydrogens (primary N) is 1. The number of fused-ring (bicyclic) bond motifs is 1. The van der Waals surface area contributed by atoms with E-state index in [9.17, 15) is 28.0 Å². The molecule has 12 nitrogen and oxygen atoms in total. The van der Waals surface area contributed by atoms with E-state index in [1.165, 1.54) is 39.9 Å². The number of imidazole rings is 1. The molecule has 4 rings (SSSR count). The molecule has 0 fully saturated rings. The predicted octanol–water partition coefficient (Wildman–Crippen LogP) is 3.46. The van der Waals surface area contributed by atoms with Gasteiger partial charge in [0.1, 0.15) is 41.0 Å². The Morgan fingerprint density at radius 2 is 1.95 bits per heavy atom. The second-order valence-electron chi connectivity index (χ2n) is 9.84. The Labute approximate surface area is 250 Å². The quantitative estimate of drug-likeness (QED) is 0.208. The van der Waals surface area contributed by atoms with Crippen molar-refractivity contribution in [2.24, 2.45) is 5.73 Å². The van der Waals surface area contributed by atoms with E-state index >= 15 is 0 Å². The number of aromatic nitrogens is 3. The van der Waals surface area contributed by atoms with Gasteiger partial charge in [0.15, 0.2) is 6.10 Å². The topological polar surface area (TPSA) is 162 Å². The average Bonchev–Trinajstić information content (AvgIpc) is 3.39. The molecular weight excluding hydrogens is 578 g/mol. The summed E-state index contributed by atoms with van der Waals surface area (Å²) in [5.74, 6) is -1.70. The van der Waals surface area contributed by atoms with Gasteiger partial charge in [-0.25, -0.2) is 18.6 Å². The summed E-state index contributed by atoms with van der Waals surface area (Å²) in [5, 5.41) is 2.48. The van der Waals surface area contributed by atoms with Crippen molar-refractivity contribution in [1.82, 2.24) is 19.4 Å². The van der Waals surface area contributed by atoms with E-state index in [1.807, 2.05) is 0 Å². The Hall–Kier alpha value is -5.53. The number of nitrogens with zero attached hydrogens (tertiary/aromatic N) is 3. The molecule has 2 aromatic heterocycles. The van der Waals surface area contributed by atoms with Crippen LogP contribution in [-0.4, -0.2) is 57.5 Å². The number of primary amides is 1. The standard InChI is InChI=1S/C30H30F2N6O6/c1-37(2)26(39)11-4-3-9-24(44-30(33)42)28(40)35-22-8-6-14-38(29(22)41)16-25-34-21-7-5-10-23(27(21)36-25)43-17-18-12-13-19(31)15-20(18)32/h4-8,10-15,24H,3,9,16-17H2,1-2H3,(H2,33,42)(H,34,36)(H,35,40). The fourth-order valence-corrected chi connectivity index (χ4v) is 4.14. The summed E-state index contributed by atoms with van der Waals surface area (Å²) in [6.07, 6.45) is 2.13. The van der Waals surface area contributed by atoms with Crippen molar-refractivity contribution in [2.75, 3.05) is 19.4 Å². The lowest BCUT2D eigenvalue weighted by Crippen LogP contribution is -2.36. The minimum absolute atomic E-state index is 0.00479. The van der Waals surface area contributed by atoms with E-state index < -0.39 is 35.3 Å². The number of ether oxygens (including phenoxy) is 2. The van der Waals surface area contributed by atoms with Crippen molar-refractivity contribution >= 4 is 34.6 Å². The Balaban J connectivity index is 1.46. The number of pyridine rings is 1. The molecular formula is C30H30F2N6O6. The number of carbonyl (C=O) groups excluding carboxylic acids is 3. The second-order valence-corrected chi connectivity index (χ2v) is 9.84. The van der Waals surface area contributed by atoms with Crippen molar-refractivity contribution < 1.29 is 32.6 Å². The maximum absolute atomic E-state index is 14.0. The summed E-state index contributed by atoms with van der Waals surface area (Å²) in [6, 6.07) is 11.3. The molecule has 0 saturated heterocycles. The number of hydrogen-bond donors (Lipinski definition) is 3. The van der Waals surface area contributed by atoms with E-state index in [4.69, 9.17) is 15.2 Å². The Morgan fingerprint density at radius 3 is 2.68 bits per heavy atom. The number of amides is 3. The molecule has 2 heterocycles. The summed E-state index contributed by atoms with van der Waals surface area (Å²) in [5.41, 5.74) is 5.70. The van der Waals surface area contributed by atoms with Crippen molar-refractivity contribution in [3.8, 4) is 5.75 Å². The van der Waals surface area contributed by atoms with E-state index in [-0.39, 0.29) is 43.2 Å². The summed E-state index contributed by atoms with van der Waals surface area (Å²) < 4.78 is 39.3. The highest BCUT2D eigenvalue weighted by atomic mass is 19.1. The maximum atomic E-state index is 14.0. The average molecular weight is 609 g/mol. The largest absolute Gasteiger partial charge is 0.486 e.